The van der Waals surface area contributed by atoms with Crippen molar-refractivity contribution in [3.63, 3.8) is 0 Å². The fourth-order valence-electron chi connectivity index (χ4n) is 2.40. The summed E-state index contributed by atoms with van der Waals surface area (Å²) in [6.07, 6.45) is 4.09. The Labute approximate surface area is 101 Å². The van der Waals surface area contributed by atoms with Crippen LogP contribution in [0.15, 0.2) is 12.7 Å². The van der Waals surface area contributed by atoms with Crippen LogP contribution in [0.25, 0.3) is 0 Å². The lowest BCUT2D eigenvalue weighted by atomic mass is 10.1. The molecule has 2 aliphatic rings. The van der Waals surface area contributed by atoms with Gasteiger partial charge in [-0.1, -0.05) is 6.08 Å². The van der Waals surface area contributed by atoms with Gasteiger partial charge in [0.2, 0.25) is 5.91 Å². The van der Waals surface area contributed by atoms with E-state index < -0.39 is 5.54 Å². The SMILES string of the molecule is C=C[C@@H]1C[C@]1(NC(=O)[C@@H]1CCCN1)C(=O)OC. The van der Waals surface area contributed by atoms with Crippen LogP contribution in [-0.4, -0.2) is 37.1 Å². The highest BCUT2D eigenvalue weighted by molar-refractivity contribution is 5.93. The van der Waals surface area contributed by atoms with Gasteiger partial charge < -0.3 is 15.4 Å². The van der Waals surface area contributed by atoms with Gasteiger partial charge >= 0.3 is 5.97 Å². The van der Waals surface area contributed by atoms with E-state index >= 15 is 0 Å². The summed E-state index contributed by atoms with van der Waals surface area (Å²) in [6.45, 7) is 4.52. The monoisotopic (exact) mass is 238 g/mol. The second kappa shape index (κ2) is 4.49. The van der Waals surface area contributed by atoms with Crippen molar-refractivity contribution in [2.75, 3.05) is 13.7 Å². The second-order valence-electron chi connectivity index (χ2n) is 4.65. The van der Waals surface area contributed by atoms with E-state index in [-0.39, 0.29) is 23.8 Å². The molecule has 2 rings (SSSR count). The second-order valence-corrected chi connectivity index (χ2v) is 4.65. The molecule has 1 heterocycles. The molecule has 2 N–H and O–H groups in total. The van der Waals surface area contributed by atoms with E-state index in [2.05, 4.69) is 17.2 Å². The van der Waals surface area contributed by atoms with Crippen molar-refractivity contribution < 1.29 is 14.3 Å². The maximum atomic E-state index is 12.0. The molecule has 2 fully saturated rings. The topological polar surface area (TPSA) is 67.4 Å². The van der Waals surface area contributed by atoms with Crippen molar-refractivity contribution in [1.82, 2.24) is 10.6 Å². The summed E-state index contributed by atoms with van der Waals surface area (Å²) < 4.78 is 4.75. The molecule has 0 spiro atoms. The maximum absolute atomic E-state index is 12.0. The Kier molecular flexibility index (Phi) is 3.19. The van der Waals surface area contributed by atoms with E-state index in [1.165, 1.54) is 7.11 Å². The number of carbonyl (C=O) groups is 2. The molecule has 1 aliphatic carbocycles. The molecule has 3 atom stereocenters. The smallest absolute Gasteiger partial charge is 0.332 e. The van der Waals surface area contributed by atoms with Crippen molar-refractivity contribution in [2.45, 2.75) is 30.8 Å². The Hall–Kier alpha value is -1.36. The molecule has 0 bridgehead atoms. The lowest BCUT2D eigenvalue weighted by molar-refractivity contribution is -0.147. The Morgan fingerprint density at radius 1 is 1.59 bits per heavy atom. The molecule has 1 saturated carbocycles. The number of methoxy groups -OCH3 is 1. The molecule has 1 aliphatic heterocycles. The van der Waals surface area contributed by atoms with Crippen LogP contribution in [-0.2, 0) is 14.3 Å². The number of hydrogen-bond donors (Lipinski definition) is 2. The minimum Gasteiger partial charge on any atom is -0.467 e. The Balaban J connectivity index is 2.01. The number of esters is 1. The normalized spacial score (nSPS) is 35.1. The fraction of sp³-hybridized carbons (Fsp3) is 0.667. The van der Waals surface area contributed by atoms with Gasteiger partial charge in [-0.15, -0.1) is 6.58 Å². The highest BCUT2D eigenvalue weighted by Gasteiger charge is 2.61. The van der Waals surface area contributed by atoms with E-state index in [4.69, 9.17) is 4.74 Å². The van der Waals surface area contributed by atoms with Crippen LogP contribution >= 0.6 is 0 Å². The standard InChI is InChI=1S/C12H18N2O3/c1-3-8-7-12(8,11(16)17-2)14-10(15)9-5-4-6-13-9/h3,8-9,13H,1,4-7H2,2H3,(H,14,15)/t8-,9+,12-/m1/s1. The first kappa shape index (κ1) is 12.1. The first-order valence-corrected chi connectivity index (χ1v) is 5.90. The first-order valence-electron chi connectivity index (χ1n) is 5.90. The quantitative estimate of drug-likeness (QED) is 0.533. The molecule has 0 aromatic rings. The van der Waals surface area contributed by atoms with Crippen LogP contribution in [0.2, 0.25) is 0 Å². The Bertz CT molecular complexity index is 350. The molecule has 17 heavy (non-hydrogen) atoms. The zero-order chi connectivity index (χ0) is 12.5. The van der Waals surface area contributed by atoms with Crippen LogP contribution in [0.4, 0.5) is 0 Å². The summed E-state index contributed by atoms with van der Waals surface area (Å²) in [4.78, 5) is 23.7. The van der Waals surface area contributed by atoms with Crippen LogP contribution in [0.3, 0.4) is 0 Å². The zero-order valence-corrected chi connectivity index (χ0v) is 9.99. The van der Waals surface area contributed by atoms with Crippen LogP contribution in [0, 0.1) is 5.92 Å². The number of rotatable bonds is 4. The van der Waals surface area contributed by atoms with E-state index in [0.29, 0.717) is 6.42 Å². The van der Waals surface area contributed by atoms with E-state index in [0.717, 1.165) is 19.4 Å². The maximum Gasteiger partial charge on any atom is 0.332 e. The van der Waals surface area contributed by atoms with Crippen molar-refractivity contribution in [2.24, 2.45) is 5.92 Å². The first-order chi connectivity index (χ1) is 8.14. The van der Waals surface area contributed by atoms with Gasteiger partial charge in [-0.05, 0) is 25.8 Å². The molecular weight excluding hydrogens is 220 g/mol. The average molecular weight is 238 g/mol. The zero-order valence-electron chi connectivity index (χ0n) is 9.99. The third kappa shape index (κ3) is 2.07. The molecule has 0 radical (unpaired) electrons. The van der Waals surface area contributed by atoms with Gasteiger partial charge in [0.25, 0.3) is 0 Å². The van der Waals surface area contributed by atoms with E-state index in [1.807, 2.05) is 0 Å². The molecule has 0 unspecified atom stereocenters. The van der Waals surface area contributed by atoms with Crippen molar-refractivity contribution >= 4 is 11.9 Å². The highest BCUT2D eigenvalue weighted by atomic mass is 16.5. The van der Waals surface area contributed by atoms with E-state index in [9.17, 15) is 9.59 Å². The predicted octanol–water partition coefficient (Wildman–Crippen LogP) is -0.0277. The number of nitrogens with one attached hydrogen (secondary N) is 2. The van der Waals surface area contributed by atoms with Gasteiger partial charge in [0.15, 0.2) is 0 Å². The average Bonchev–Trinajstić information content (AvgIpc) is 2.79. The molecular formula is C12H18N2O3. The summed E-state index contributed by atoms with van der Waals surface area (Å²) >= 11 is 0. The van der Waals surface area contributed by atoms with Crippen LogP contribution in [0.1, 0.15) is 19.3 Å². The van der Waals surface area contributed by atoms with Crippen molar-refractivity contribution in [1.29, 1.82) is 0 Å². The molecule has 5 nitrogen and oxygen atoms in total. The number of carbonyl (C=O) groups excluding carboxylic acids is 2. The summed E-state index contributed by atoms with van der Waals surface area (Å²) in [5, 5.41) is 5.92. The lowest BCUT2D eigenvalue weighted by Gasteiger charge is -2.19. The largest absolute Gasteiger partial charge is 0.467 e. The van der Waals surface area contributed by atoms with Gasteiger partial charge in [-0.25, -0.2) is 4.79 Å². The number of hydrogen-bond acceptors (Lipinski definition) is 4. The van der Waals surface area contributed by atoms with Gasteiger partial charge in [0.1, 0.15) is 5.54 Å². The lowest BCUT2D eigenvalue weighted by Crippen LogP contribution is -2.51. The summed E-state index contributed by atoms with van der Waals surface area (Å²) in [5.41, 5.74) is -0.863. The summed E-state index contributed by atoms with van der Waals surface area (Å²) in [5.74, 6) is -0.508. The van der Waals surface area contributed by atoms with Gasteiger partial charge in [-0.3, -0.25) is 4.79 Å². The van der Waals surface area contributed by atoms with Gasteiger partial charge in [-0.2, -0.15) is 0 Å². The molecule has 0 aromatic carbocycles. The third-order valence-corrected chi connectivity index (χ3v) is 3.57. The minimum absolute atomic E-state index is 0.0136. The van der Waals surface area contributed by atoms with Crippen molar-refractivity contribution in [3.05, 3.63) is 12.7 Å². The van der Waals surface area contributed by atoms with E-state index in [1.54, 1.807) is 6.08 Å². The van der Waals surface area contributed by atoms with Crippen molar-refractivity contribution in [3.8, 4) is 0 Å². The Morgan fingerprint density at radius 3 is 2.82 bits per heavy atom. The van der Waals surface area contributed by atoms with Crippen LogP contribution < -0.4 is 10.6 Å². The van der Waals surface area contributed by atoms with Crippen LogP contribution in [0.5, 0.6) is 0 Å². The third-order valence-electron chi connectivity index (χ3n) is 3.57. The fourth-order valence-corrected chi connectivity index (χ4v) is 2.40. The molecule has 1 amide bonds. The summed E-state index contributed by atoms with van der Waals surface area (Å²) in [7, 11) is 1.34. The number of ether oxygens (including phenoxy) is 1. The van der Waals surface area contributed by atoms with Gasteiger partial charge in [0.05, 0.1) is 13.2 Å². The summed E-state index contributed by atoms with van der Waals surface area (Å²) in [6, 6.07) is -0.178. The molecule has 94 valence electrons. The Morgan fingerprint density at radius 2 is 2.35 bits per heavy atom. The predicted molar refractivity (Wildman–Crippen MR) is 62.2 cm³/mol. The molecule has 0 aromatic heterocycles. The van der Waals surface area contributed by atoms with Gasteiger partial charge in [0, 0.05) is 5.92 Å². The molecule has 1 saturated heterocycles. The highest BCUT2D eigenvalue weighted by Crippen LogP contribution is 2.45. The molecule has 5 heteroatoms. The number of amides is 1. The minimum atomic E-state index is -0.863.